The van der Waals surface area contributed by atoms with Gasteiger partial charge in [0.2, 0.25) is 0 Å². The van der Waals surface area contributed by atoms with Crippen LogP contribution in [0.1, 0.15) is 30.5 Å². The molecule has 0 aromatic heterocycles. The van der Waals surface area contributed by atoms with Crippen molar-refractivity contribution in [2.45, 2.75) is 20.4 Å². The zero-order valence-electron chi connectivity index (χ0n) is 14.2. The van der Waals surface area contributed by atoms with Gasteiger partial charge in [0.05, 0.1) is 7.11 Å². The number of rotatable bonds is 7. The molecular weight excluding hydrogens is 282 g/mol. The van der Waals surface area contributed by atoms with E-state index in [1.165, 1.54) is 11.1 Å². The van der Waals surface area contributed by atoms with Gasteiger partial charge in [-0.2, -0.15) is 0 Å². The summed E-state index contributed by atoms with van der Waals surface area (Å²) >= 11 is 0. The van der Waals surface area contributed by atoms with Crippen LogP contribution in [-0.4, -0.2) is 7.11 Å². The van der Waals surface area contributed by atoms with Crippen molar-refractivity contribution < 1.29 is 4.74 Å². The van der Waals surface area contributed by atoms with Crippen LogP contribution in [0.15, 0.2) is 61.2 Å². The van der Waals surface area contributed by atoms with E-state index in [9.17, 15) is 0 Å². The number of hydrogen-bond acceptors (Lipinski definition) is 2. The third kappa shape index (κ3) is 5.33. The maximum atomic E-state index is 5.24. The minimum atomic E-state index is 0.564. The Morgan fingerprint density at radius 3 is 2.57 bits per heavy atom. The second-order valence-corrected chi connectivity index (χ2v) is 5.91. The van der Waals surface area contributed by atoms with Crippen molar-refractivity contribution in [1.82, 2.24) is 5.32 Å². The predicted molar refractivity (Wildman–Crippen MR) is 99.2 cm³/mol. The monoisotopic (exact) mass is 307 g/mol. The maximum Gasteiger partial charge on any atom is 0.119 e. The minimum absolute atomic E-state index is 0.564. The Hall–Kier alpha value is -2.48. The molecule has 0 saturated carbocycles. The molecule has 2 heteroatoms. The van der Waals surface area contributed by atoms with E-state index in [1.54, 1.807) is 7.11 Å². The highest BCUT2D eigenvalue weighted by molar-refractivity contribution is 5.63. The highest BCUT2D eigenvalue weighted by Gasteiger charge is 2.00. The molecule has 0 aliphatic heterocycles. The van der Waals surface area contributed by atoms with Crippen LogP contribution in [0.4, 0.5) is 0 Å². The van der Waals surface area contributed by atoms with Gasteiger partial charge < -0.3 is 10.1 Å². The van der Waals surface area contributed by atoms with E-state index < -0.39 is 0 Å². The summed E-state index contributed by atoms with van der Waals surface area (Å²) in [5.41, 5.74) is 4.41. The molecule has 0 unspecified atom stereocenters. The lowest BCUT2D eigenvalue weighted by molar-refractivity contribution is 0.414. The van der Waals surface area contributed by atoms with E-state index in [4.69, 9.17) is 4.74 Å². The van der Waals surface area contributed by atoms with Crippen molar-refractivity contribution in [2.24, 2.45) is 5.92 Å². The molecule has 0 fully saturated rings. The molecule has 120 valence electrons. The molecule has 2 aromatic rings. The molecule has 0 amide bonds. The van der Waals surface area contributed by atoms with Gasteiger partial charge in [-0.15, -0.1) is 0 Å². The lowest BCUT2D eigenvalue weighted by Crippen LogP contribution is -2.10. The third-order valence-corrected chi connectivity index (χ3v) is 3.57. The average molecular weight is 307 g/mol. The second-order valence-electron chi connectivity index (χ2n) is 5.91. The lowest BCUT2D eigenvalue weighted by atomic mass is 10.1. The van der Waals surface area contributed by atoms with E-state index in [-0.39, 0.29) is 0 Å². The molecule has 23 heavy (non-hydrogen) atoms. The smallest absolute Gasteiger partial charge is 0.119 e. The minimum Gasteiger partial charge on any atom is -0.497 e. The van der Waals surface area contributed by atoms with Crippen LogP contribution in [0, 0.1) is 5.92 Å². The number of hydrogen-bond donors (Lipinski definition) is 1. The molecule has 0 heterocycles. The Balaban J connectivity index is 1.95. The first-order valence-corrected chi connectivity index (χ1v) is 7.93. The topological polar surface area (TPSA) is 21.3 Å². The maximum absolute atomic E-state index is 5.24. The Morgan fingerprint density at radius 1 is 1.17 bits per heavy atom. The first-order valence-electron chi connectivity index (χ1n) is 7.93. The zero-order valence-corrected chi connectivity index (χ0v) is 14.2. The normalized spacial score (nSPS) is 11.0. The van der Waals surface area contributed by atoms with Gasteiger partial charge in [-0.1, -0.05) is 69.0 Å². The van der Waals surface area contributed by atoms with Crippen LogP contribution in [0.25, 0.3) is 11.8 Å². The number of benzene rings is 2. The number of nitrogens with one attached hydrogen (secondary N) is 1. The molecule has 2 nitrogen and oxygen atoms in total. The molecule has 2 rings (SSSR count). The molecule has 1 N–H and O–H groups in total. The number of methoxy groups -OCH3 is 1. The highest BCUT2D eigenvalue weighted by Crippen LogP contribution is 2.16. The van der Waals surface area contributed by atoms with E-state index in [0.29, 0.717) is 5.92 Å². The molecule has 0 saturated heterocycles. The molecule has 0 radical (unpaired) electrons. The highest BCUT2D eigenvalue weighted by atomic mass is 16.5. The van der Waals surface area contributed by atoms with Gasteiger partial charge in [-0.25, -0.2) is 0 Å². The van der Waals surface area contributed by atoms with Crippen LogP contribution in [-0.2, 0) is 6.54 Å². The summed E-state index contributed by atoms with van der Waals surface area (Å²) in [4.78, 5) is 0. The lowest BCUT2D eigenvalue weighted by Gasteiger charge is -2.11. The van der Waals surface area contributed by atoms with Crippen LogP contribution in [0.2, 0.25) is 0 Å². The summed E-state index contributed by atoms with van der Waals surface area (Å²) in [5, 5.41) is 3.37. The van der Waals surface area contributed by atoms with Crippen LogP contribution in [0.3, 0.4) is 0 Å². The van der Waals surface area contributed by atoms with Crippen LogP contribution < -0.4 is 10.1 Å². The zero-order chi connectivity index (χ0) is 16.7. The molecular formula is C21H25NO. The van der Waals surface area contributed by atoms with Crippen molar-refractivity contribution in [2.75, 3.05) is 7.11 Å². The number of ether oxygens (including phenoxy) is 1. The summed E-state index contributed by atoms with van der Waals surface area (Å²) in [7, 11) is 1.68. The average Bonchev–Trinajstić information content (AvgIpc) is 2.58. The molecule has 0 spiro atoms. The van der Waals surface area contributed by atoms with Gasteiger partial charge in [-0.05, 0) is 34.7 Å². The van der Waals surface area contributed by atoms with Gasteiger partial charge in [0.1, 0.15) is 5.75 Å². The van der Waals surface area contributed by atoms with Crippen molar-refractivity contribution >= 4 is 11.8 Å². The number of allylic oxidation sites excluding steroid dienone is 1. The van der Waals surface area contributed by atoms with Crippen LogP contribution in [0.5, 0.6) is 5.75 Å². The fourth-order valence-electron chi connectivity index (χ4n) is 2.19. The van der Waals surface area contributed by atoms with Crippen LogP contribution >= 0.6 is 0 Å². The van der Waals surface area contributed by atoms with Gasteiger partial charge in [-0.3, -0.25) is 0 Å². The largest absolute Gasteiger partial charge is 0.497 e. The van der Waals surface area contributed by atoms with E-state index in [2.05, 4.69) is 68.2 Å². The van der Waals surface area contributed by atoms with Gasteiger partial charge in [0.15, 0.2) is 0 Å². The van der Waals surface area contributed by atoms with E-state index >= 15 is 0 Å². The van der Waals surface area contributed by atoms with Gasteiger partial charge in [0, 0.05) is 12.2 Å². The molecule has 0 aliphatic rings. The summed E-state index contributed by atoms with van der Waals surface area (Å²) < 4.78 is 5.24. The first-order chi connectivity index (χ1) is 11.1. The van der Waals surface area contributed by atoms with E-state index in [0.717, 1.165) is 23.6 Å². The van der Waals surface area contributed by atoms with Gasteiger partial charge >= 0.3 is 0 Å². The molecule has 2 aromatic carbocycles. The first kappa shape index (κ1) is 16.9. The van der Waals surface area contributed by atoms with Crippen molar-refractivity contribution in [3.05, 3.63) is 77.9 Å². The van der Waals surface area contributed by atoms with Crippen molar-refractivity contribution in [3.63, 3.8) is 0 Å². The van der Waals surface area contributed by atoms with E-state index in [1.807, 2.05) is 18.2 Å². The molecule has 0 aliphatic carbocycles. The van der Waals surface area contributed by atoms with Crippen molar-refractivity contribution in [3.8, 4) is 5.75 Å². The summed E-state index contributed by atoms with van der Waals surface area (Å²) in [6.45, 7) is 9.20. The summed E-state index contributed by atoms with van der Waals surface area (Å²) in [6, 6.07) is 16.5. The summed E-state index contributed by atoms with van der Waals surface area (Å²) in [6.07, 6.45) is 4.35. The summed E-state index contributed by atoms with van der Waals surface area (Å²) in [5.74, 6) is 1.44. The SMILES string of the molecule is C=C(NCc1cccc(OC)c1)c1ccc(/C=C/C(C)C)cc1. The quantitative estimate of drug-likeness (QED) is 0.766. The molecule has 0 atom stereocenters. The second kappa shape index (κ2) is 8.23. The van der Waals surface area contributed by atoms with Gasteiger partial charge in [0.25, 0.3) is 0 Å². The Bertz CT molecular complexity index is 668. The standard InChI is InChI=1S/C21H25NO/c1-16(2)8-9-18-10-12-20(13-11-18)17(3)22-15-19-6-5-7-21(14-19)23-4/h5-14,16,22H,3,15H2,1-2,4H3/b9-8+. The predicted octanol–water partition coefficient (Wildman–Crippen LogP) is 5.12. The Morgan fingerprint density at radius 2 is 1.91 bits per heavy atom. The fourth-order valence-corrected chi connectivity index (χ4v) is 2.19. The Kier molecular flexibility index (Phi) is 6.04. The fraction of sp³-hybridized carbons (Fsp3) is 0.238. The Labute approximate surface area is 139 Å². The van der Waals surface area contributed by atoms with Crippen molar-refractivity contribution in [1.29, 1.82) is 0 Å². The third-order valence-electron chi connectivity index (χ3n) is 3.57. The molecule has 0 bridgehead atoms.